The standard InChI is InChI=1S/C10H12ClNO2S/c1-12(2)10(14)6-3-7(13)8-4-5-9(11)15-8/h4-5H,3,6H2,1-2H3. The number of hydrogen-bond donors (Lipinski definition) is 0. The minimum Gasteiger partial charge on any atom is -0.349 e. The number of ketones is 1. The van der Waals surface area contributed by atoms with Crippen LogP contribution in [0.25, 0.3) is 0 Å². The summed E-state index contributed by atoms with van der Waals surface area (Å²) < 4.78 is 0.595. The van der Waals surface area contributed by atoms with E-state index in [1.54, 1.807) is 26.2 Å². The lowest BCUT2D eigenvalue weighted by Crippen LogP contribution is -2.22. The second kappa shape index (κ2) is 5.28. The van der Waals surface area contributed by atoms with Gasteiger partial charge in [-0.05, 0) is 12.1 Å². The molecule has 1 aromatic heterocycles. The summed E-state index contributed by atoms with van der Waals surface area (Å²) in [6.45, 7) is 0. The van der Waals surface area contributed by atoms with Gasteiger partial charge in [-0.1, -0.05) is 11.6 Å². The Morgan fingerprint density at radius 2 is 2.00 bits per heavy atom. The number of rotatable bonds is 4. The fraction of sp³-hybridized carbons (Fsp3) is 0.400. The second-order valence-corrected chi connectivity index (χ2v) is 5.03. The van der Waals surface area contributed by atoms with Crippen molar-refractivity contribution in [1.82, 2.24) is 4.90 Å². The molecule has 15 heavy (non-hydrogen) atoms. The lowest BCUT2D eigenvalue weighted by Gasteiger charge is -2.08. The van der Waals surface area contributed by atoms with Crippen molar-refractivity contribution >= 4 is 34.6 Å². The SMILES string of the molecule is CN(C)C(=O)CCC(=O)c1ccc(Cl)s1. The van der Waals surface area contributed by atoms with Gasteiger partial charge >= 0.3 is 0 Å². The average Bonchev–Trinajstić information content (AvgIpc) is 2.60. The highest BCUT2D eigenvalue weighted by molar-refractivity contribution is 7.18. The van der Waals surface area contributed by atoms with Crippen LogP contribution in [0.3, 0.4) is 0 Å². The van der Waals surface area contributed by atoms with Gasteiger partial charge in [-0.15, -0.1) is 11.3 Å². The average molecular weight is 246 g/mol. The minimum absolute atomic E-state index is 0.0258. The van der Waals surface area contributed by atoms with Crippen molar-refractivity contribution in [3.63, 3.8) is 0 Å². The molecule has 5 heteroatoms. The molecule has 0 unspecified atom stereocenters. The topological polar surface area (TPSA) is 37.4 Å². The molecule has 0 aromatic carbocycles. The molecule has 1 rings (SSSR count). The zero-order valence-corrected chi connectivity index (χ0v) is 10.2. The van der Waals surface area contributed by atoms with E-state index < -0.39 is 0 Å². The molecule has 0 fully saturated rings. The lowest BCUT2D eigenvalue weighted by molar-refractivity contribution is -0.128. The first-order valence-corrected chi connectivity index (χ1v) is 5.69. The summed E-state index contributed by atoms with van der Waals surface area (Å²) in [6, 6.07) is 3.38. The summed E-state index contributed by atoms with van der Waals surface area (Å²) in [5.41, 5.74) is 0. The Kier molecular flexibility index (Phi) is 4.29. The molecule has 0 bridgehead atoms. The molecular formula is C10H12ClNO2S. The normalized spacial score (nSPS) is 10.1. The van der Waals surface area contributed by atoms with Gasteiger partial charge in [-0.25, -0.2) is 0 Å². The van der Waals surface area contributed by atoms with Crippen molar-refractivity contribution < 1.29 is 9.59 Å². The van der Waals surface area contributed by atoms with Crippen molar-refractivity contribution in [3.8, 4) is 0 Å². The summed E-state index contributed by atoms with van der Waals surface area (Å²) in [5, 5.41) is 0. The summed E-state index contributed by atoms with van der Waals surface area (Å²) in [7, 11) is 3.35. The van der Waals surface area contributed by atoms with Crippen molar-refractivity contribution in [2.45, 2.75) is 12.8 Å². The molecule has 0 radical (unpaired) electrons. The monoisotopic (exact) mass is 245 g/mol. The Morgan fingerprint density at radius 1 is 1.33 bits per heavy atom. The van der Waals surface area contributed by atoms with Gasteiger partial charge in [-0.3, -0.25) is 9.59 Å². The van der Waals surface area contributed by atoms with Crippen LogP contribution >= 0.6 is 22.9 Å². The number of carbonyl (C=O) groups excluding carboxylic acids is 2. The van der Waals surface area contributed by atoms with E-state index in [4.69, 9.17) is 11.6 Å². The Bertz CT molecular complexity index is 373. The summed E-state index contributed by atoms with van der Waals surface area (Å²) in [4.78, 5) is 24.9. The van der Waals surface area contributed by atoms with E-state index in [1.807, 2.05) is 0 Å². The minimum atomic E-state index is -0.0361. The quantitative estimate of drug-likeness (QED) is 0.765. The zero-order valence-electron chi connectivity index (χ0n) is 8.62. The Balaban J connectivity index is 2.47. The van der Waals surface area contributed by atoms with Gasteiger partial charge in [-0.2, -0.15) is 0 Å². The number of thiophene rings is 1. The van der Waals surface area contributed by atoms with Gasteiger partial charge in [0.1, 0.15) is 0 Å². The molecule has 82 valence electrons. The van der Waals surface area contributed by atoms with Gasteiger partial charge in [0.25, 0.3) is 0 Å². The van der Waals surface area contributed by atoms with E-state index in [1.165, 1.54) is 16.2 Å². The molecule has 0 spiro atoms. The van der Waals surface area contributed by atoms with Crippen LogP contribution in [0.2, 0.25) is 4.34 Å². The third kappa shape index (κ3) is 3.64. The lowest BCUT2D eigenvalue weighted by atomic mass is 10.2. The third-order valence-corrected chi connectivity index (χ3v) is 3.18. The van der Waals surface area contributed by atoms with Crippen LogP contribution in [0, 0.1) is 0 Å². The molecule has 3 nitrogen and oxygen atoms in total. The molecule has 1 amide bonds. The number of carbonyl (C=O) groups is 2. The highest BCUT2D eigenvalue weighted by atomic mass is 35.5. The number of Topliss-reactive ketones (excluding diaryl/α,β-unsaturated/α-hetero) is 1. The van der Waals surface area contributed by atoms with Crippen LogP contribution in [0.1, 0.15) is 22.5 Å². The first-order valence-electron chi connectivity index (χ1n) is 4.49. The molecule has 0 aliphatic rings. The van der Waals surface area contributed by atoms with E-state index in [9.17, 15) is 9.59 Å². The Morgan fingerprint density at radius 3 is 2.47 bits per heavy atom. The number of hydrogen-bond acceptors (Lipinski definition) is 3. The van der Waals surface area contributed by atoms with Gasteiger partial charge in [0.05, 0.1) is 9.21 Å². The Hall–Kier alpha value is -0.870. The molecule has 0 saturated carbocycles. The first-order chi connectivity index (χ1) is 7.00. The van der Waals surface area contributed by atoms with E-state index in [0.29, 0.717) is 9.21 Å². The summed E-state index contributed by atoms with van der Waals surface area (Å²) in [6.07, 6.45) is 0.495. The van der Waals surface area contributed by atoms with Gasteiger partial charge in [0, 0.05) is 26.9 Å². The predicted molar refractivity (Wildman–Crippen MR) is 61.6 cm³/mol. The fourth-order valence-electron chi connectivity index (χ4n) is 1.03. The molecule has 0 N–H and O–H groups in total. The second-order valence-electron chi connectivity index (χ2n) is 3.32. The van der Waals surface area contributed by atoms with Crippen LogP contribution in [0.5, 0.6) is 0 Å². The zero-order chi connectivity index (χ0) is 11.4. The van der Waals surface area contributed by atoms with Crippen LogP contribution in [-0.2, 0) is 4.79 Å². The molecule has 0 aliphatic heterocycles. The van der Waals surface area contributed by atoms with Gasteiger partial charge in [0.15, 0.2) is 5.78 Å². The van der Waals surface area contributed by atoms with Gasteiger partial charge < -0.3 is 4.90 Å². The van der Waals surface area contributed by atoms with Crippen molar-refractivity contribution in [1.29, 1.82) is 0 Å². The molecule has 0 saturated heterocycles. The number of amides is 1. The van der Waals surface area contributed by atoms with Crippen molar-refractivity contribution in [2.24, 2.45) is 0 Å². The first kappa shape index (κ1) is 12.2. The smallest absolute Gasteiger partial charge is 0.222 e. The van der Waals surface area contributed by atoms with Crippen LogP contribution in [-0.4, -0.2) is 30.7 Å². The van der Waals surface area contributed by atoms with Crippen LogP contribution in [0.4, 0.5) is 0 Å². The Labute approximate surface area is 97.6 Å². The summed E-state index contributed by atoms with van der Waals surface area (Å²) in [5.74, 6) is -0.0619. The molecule has 1 aromatic rings. The van der Waals surface area contributed by atoms with Crippen molar-refractivity contribution in [2.75, 3.05) is 14.1 Å². The molecular weight excluding hydrogens is 234 g/mol. The van der Waals surface area contributed by atoms with Crippen LogP contribution in [0.15, 0.2) is 12.1 Å². The molecule has 0 aliphatic carbocycles. The predicted octanol–water partition coefficient (Wildman–Crippen LogP) is 2.45. The number of halogens is 1. The fourth-order valence-corrected chi connectivity index (χ4v) is 2.04. The highest BCUT2D eigenvalue weighted by Crippen LogP contribution is 2.22. The van der Waals surface area contributed by atoms with Gasteiger partial charge in [0.2, 0.25) is 5.91 Å². The van der Waals surface area contributed by atoms with Crippen LogP contribution < -0.4 is 0 Å². The van der Waals surface area contributed by atoms with E-state index in [-0.39, 0.29) is 24.5 Å². The van der Waals surface area contributed by atoms with Crippen molar-refractivity contribution in [3.05, 3.63) is 21.3 Å². The maximum atomic E-state index is 11.6. The number of nitrogens with zero attached hydrogens (tertiary/aromatic N) is 1. The largest absolute Gasteiger partial charge is 0.349 e. The molecule has 1 heterocycles. The maximum Gasteiger partial charge on any atom is 0.222 e. The van der Waals surface area contributed by atoms with E-state index in [0.717, 1.165) is 0 Å². The maximum absolute atomic E-state index is 11.6. The molecule has 0 atom stereocenters. The summed E-state index contributed by atoms with van der Waals surface area (Å²) >= 11 is 6.96. The highest BCUT2D eigenvalue weighted by Gasteiger charge is 2.12. The van der Waals surface area contributed by atoms with E-state index in [2.05, 4.69) is 0 Å². The third-order valence-electron chi connectivity index (χ3n) is 1.91. The van der Waals surface area contributed by atoms with E-state index >= 15 is 0 Å².